The van der Waals surface area contributed by atoms with Gasteiger partial charge in [0.15, 0.2) is 5.13 Å². The van der Waals surface area contributed by atoms with Gasteiger partial charge < -0.3 is 9.26 Å². The topological polar surface area (TPSA) is 85.5 Å². The molecule has 7 nitrogen and oxygen atoms in total. The van der Waals surface area contributed by atoms with Crippen molar-refractivity contribution in [2.75, 3.05) is 4.90 Å². The lowest BCUT2D eigenvalue weighted by Crippen LogP contribution is -2.22. The number of esters is 1. The maximum atomic E-state index is 12.2. The summed E-state index contributed by atoms with van der Waals surface area (Å²) in [6.45, 7) is 7.20. The minimum atomic E-state index is -0.609. The molecule has 3 rings (SSSR count). The molecule has 2 aromatic heterocycles. The second kappa shape index (κ2) is 7.71. The normalized spacial score (nSPS) is 10.7. The zero-order valence-electron chi connectivity index (χ0n) is 15.5. The first-order chi connectivity index (χ1) is 12.8. The van der Waals surface area contributed by atoms with Crippen molar-refractivity contribution in [3.63, 3.8) is 0 Å². The highest BCUT2D eigenvalue weighted by Gasteiger charge is 2.19. The van der Waals surface area contributed by atoms with Crippen LogP contribution in [0.15, 0.2) is 34.2 Å². The quantitative estimate of drug-likeness (QED) is 0.615. The van der Waals surface area contributed by atoms with Crippen LogP contribution in [0.5, 0.6) is 0 Å². The van der Waals surface area contributed by atoms with Crippen LogP contribution in [0.3, 0.4) is 0 Å². The van der Waals surface area contributed by atoms with Crippen molar-refractivity contribution in [3.05, 3.63) is 57.9 Å². The van der Waals surface area contributed by atoms with Crippen LogP contribution < -0.4 is 4.90 Å². The van der Waals surface area contributed by atoms with Gasteiger partial charge in [-0.25, -0.2) is 9.78 Å². The van der Waals surface area contributed by atoms with Crippen LogP contribution in [-0.4, -0.2) is 22.0 Å². The average Bonchev–Trinajstić information content (AvgIpc) is 3.25. The minimum Gasteiger partial charge on any atom is -0.453 e. The molecule has 0 saturated heterocycles. The van der Waals surface area contributed by atoms with Crippen LogP contribution in [0.2, 0.25) is 0 Å². The average molecular weight is 385 g/mol. The lowest BCUT2D eigenvalue weighted by molar-refractivity contribution is -0.115. The summed E-state index contributed by atoms with van der Waals surface area (Å²) in [7, 11) is 0. The molecule has 0 fully saturated rings. The molecule has 0 unspecified atom stereocenters. The summed E-state index contributed by atoms with van der Waals surface area (Å²) in [6, 6.07) is 7.31. The van der Waals surface area contributed by atoms with E-state index in [1.807, 2.05) is 32.0 Å². The molecule has 0 radical (unpaired) electrons. The summed E-state index contributed by atoms with van der Waals surface area (Å²) in [5.74, 6) is -0.709. The van der Waals surface area contributed by atoms with E-state index in [-0.39, 0.29) is 18.3 Å². The lowest BCUT2D eigenvalue weighted by atomic mass is 10.1. The number of amides is 1. The third kappa shape index (κ3) is 4.22. The molecule has 0 bridgehead atoms. The highest BCUT2D eigenvalue weighted by Crippen LogP contribution is 2.30. The summed E-state index contributed by atoms with van der Waals surface area (Å²) < 4.78 is 10.1. The fourth-order valence-electron chi connectivity index (χ4n) is 2.43. The van der Waals surface area contributed by atoms with Crippen molar-refractivity contribution in [1.29, 1.82) is 0 Å². The first-order valence-corrected chi connectivity index (χ1v) is 9.16. The molecule has 1 aromatic carbocycles. The Morgan fingerprint density at radius 1 is 1.19 bits per heavy atom. The van der Waals surface area contributed by atoms with E-state index in [0.717, 1.165) is 16.8 Å². The summed E-state index contributed by atoms with van der Waals surface area (Å²) in [5, 5.41) is 5.93. The first-order valence-electron chi connectivity index (χ1n) is 8.28. The van der Waals surface area contributed by atoms with Crippen molar-refractivity contribution >= 4 is 34.0 Å². The van der Waals surface area contributed by atoms with E-state index in [1.165, 1.54) is 24.3 Å². The number of hydrogen-bond donors (Lipinski definition) is 0. The first kappa shape index (κ1) is 18.8. The Bertz CT molecular complexity index is 993. The molecular weight excluding hydrogens is 366 g/mol. The van der Waals surface area contributed by atoms with E-state index >= 15 is 0 Å². The molecule has 1 amide bonds. The molecule has 3 aromatic rings. The second-order valence-corrected chi connectivity index (χ2v) is 6.99. The Morgan fingerprint density at radius 3 is 2.59 bits per heavy atom. The van der Waals surface area contributed by atoms with Gasteiger partial charge in [0.1, 0.15) is 6.61 Å². The molecule has 0 spiro atoms. The zero-order valence-corrected chi connectivity index (χ0v) is 16.3. The molecule has 140 valence electrons. The van der Waals surface area contributed by atoms with Crippen LogP contribution in [0.1, 0.15) is 40.0 Å². The number of carbonyl (C=O) groups excluding carboxylic acids is 2. The smallest absolute Gasteiger partial charge is 0.377 e. The van der Waals surface area contributed by atoms with Crippen LogP contribution in [0.25, 0.3) is 0 Å². The molecule has 0 N–H and O–H groups in total. The van der Waals surface area contributed by atoms with Gasteiger partial charge in [0.05, 0.1) is 17.1 Å². The number of benzene rings is 1. The van der Waals surface area contributed by atoms with Gasteiger partial charge in [0, 0.05) is 18.4 Å². The fraction of sp³-hybridized carbons (Fsp3) is 0.263. The van der Waals surface area contributed by atoms with E-state index in [1.54, 1.807) is 17.2 Å². The lowest BCUT2D eigenvalue weighted by Gasteiger charge is -2.19. The summed E-state index contributed by atoms with van der Waals surface area (Å²) in [5.41, 5.74) is 4.14. The van der Waals surface area contributed by atoms with Gasteiger partial charge in [-0.05, 0) is 44.0 Å². The largest absolute Gasteiger partial charge is 0.453 e. The molecular formula is C19H19N3O4S. The number of hydrogen-bond acceptors (Lipinski definition) is 7. The predicted molar refractivity (Wildman–Crippen MR) is 101 cm³/mol. The van der Waals surface area contributed by atoms with Crippen molar-refractivity contribution in [2.24, 2.45) is 0 Å². The van der Waals surface area contributed by atoms with Crippen LogP contribution in [0.4, 0.5) is 10.8 Å². The number of ether oxygens (including phenoxy) is 1. The van der Waals surface area contributed by atoms with E-state index in [0.29, 0.717) is 16.5 Å². The Balaban J connectivity index is 1.75. The van der Waals surface area contributed by atoms with Gasteiger partial charge in [0.25, 0.3) is 0 Å². The maximum absolute atomic E-state index is 12.2. The predicted octanol–water partition coefficient (Wildman–Crippen LogP) is 4.10. The monoisotopic (exact) mass is 385 g/mol. The van der Waals surface area contributed by atoms with Crippen molar-refractivity contribution in [3.8, 4) is 0 Å². The van der Waals surface area contributed by atoms with Gasteiger partial charge >= 0.3 is 5.97 Å². The number of anilines is 2. The Kier molecular flexibility index (Phi) is 5.36. The summed E-state index contributed by atoms with van der Waals surface area (Å²) in [6.07, 6.45) is 0. The molecule has 0 aliphatic heterocycles. The number of thiazole rings is 1. The minimum absolute atomic E-state index is 0.0201. The Hall–Kier alpha value is -3.00. The highest BCUT2D eigenvalue weighted by atomic mass is 32.1. The Labute approximate surface area is 160 Å². The molecule has 0 atom stereocenters. The van der Waals surface area contributed by atoms with E-state index in [2.05, 4.69) is 10.1 Å². The third-order valence-corrected chi connectivity index (χ3v) is 4.85. The van der Waals surface area contributed by atoms with Gasteiger partial charge in [-0.15, -0.1) is 11.3 Å². The molecule has 27 heavy (non-hydrogen) atoms. The molecule has 0 aliphatic rings. The highest BCUT2D eigenvalue weighted by molar-refractivity contribution is 7.14. The number of rotatable bonds is 5. The van der Waals surface area contributed by atoms with E-state index in [9.17, 15) is 9.59 Å². The van der Waals surface area contributed by atoms with Crippen molar-refractivity contribution in [1.82, 2.24) is 10.1 Å². The van der Waals surface area contributed by atoms with Crippen molar-refractivity contribution < 1.29 is 18.8 Å². The fourth-order valence-corrected chi connectivity index (χ4v) is 3.30. The van der Waals surface area contributed by atoms with Gasteiger partial charge in [-0.1, -0.05) is 11.2 Å². The third-order valence-electron chi connectivity index (χ3n) is 3.97. The summed E-state index contributed by atoms with van der Waals surface area (Å²) in [4.78, 5) is 30.1. The van der Waals surface area contributed by atoms with E-state index in [4.69, 9.17) is 9.26 Å². The molecule has 0 aliphatic carbocycles. The number of carbonyl (C=O) groups is 2. The number of aryl methyl sites for hydroxylation is 3. The summed E-state index contributed by atoms with van der Waals surface area (Å²) >= 11 is 1.31. The zero-order chi connectivity index (χ0) is 19.6. The van der Waals surface area contributed by atoms with Gasteiger partial charge in [-0.3, -0.25) is 9.69 Å². The standard InChI is InChI=1S/C19H19N3O4S/c1-11-5-6-16(7-12(11)2)22(14(4)23)19-20-15(10-27-19)9-25-18(24)17-8-13(3)21-26-17/h5-8,10H,9H2,1-4H3. The van der Waals surface area contributed by atoms with Gasteiger partial charge in [-0.2, -0.15) is 0 Å². The van der Waals surface area contributed by atoms with Crippen LogP contribution in [0, 0.1) is 20.8 Å². The molecule has 8 heteroatoms. The molecule has 2 heterocycles. The maximum Gasteiger partial charge on any atom is 0.377 e. The van der Waals surface area contributed by atoms with Crippen LogP contribution >= 0.6 is 11.3 Å². The SMILES string of the molecule is CC(=O)N(c1ccc(C)c(C)c1)c1nc(COC(=O)c2cc(C)no2)cs1. The van der Waals surface area contributed by atoms with Crippen LogP contribution in [-0.2, 0) is 16.1 Å². The number of aromatic nitrogens is 2. The molecule has 0 saturated carbocycles. The van der Waals surface area contributed by atoms with Gasteiger partial charge in [0.2, 0.25) is 11.7 Å². The van der Waals surface area contributed by atoms with E-state index < -0.39 is 5.97 Å². The number of nitrogens with zero attached hydrogens (tertiary/aromatic N) is 3. The van der Waals surface area contributed by atoms with Crippen molar-refractivity contribution in [2.45, 2.75) is 34.3 Å². The Morgan fingerprint density at radius 2 is 1.96 bits per heavy atom. The second-order valence-electron chi connectivity index (χ2n) is 6.15.